The number of nitrogens with two attached hydrogens (primary N) is 1. The first-order valence-electron chi connectivity index (χ1n) is 8.45. The third-order valence-corrected chi connectivity index (χ3v) is 4.75. The average molecular weight is 347 g/mol. The number of nitrogens with one attached hydrogen (secondary N) is 1. The highest BCUT2D eigenvalue weighted by Crippen LogP contribution is 2.28. The number of benzene rings is 2. The summed E-state index contributed by atoms with van der Waals surface area (Å²) in [6.45, 7) is 0.185. The zero-order valence-corrected chi connectivity index (χ0v) is 14.1. The predicted octanol–water partition coefficient (Wildman–Crippen LogP) is 1.13. The largest absolute Gasteiger partial charge is 0.516 e. The van der Waals surface area contributed by atoms with Crippen LogP contribution in [0.4, 0.5) is 5.69 Å². The molecule has 0 saturated heterocycles. The molecule has 26 heavy (non-hydrogen) atoms. The van der Waals surface area contributed by atoms with Crippen molar-refractivity contribution in [3.05, 3.63) is 66.0 Å². The summed E-state index contributed by atoms with van der Waals surface area (Å²) < 4.78 is 5.05. The summed E-state index contributed by atoms with van der Waals surface area (Å²) in [5.41, 5.74) is 11.6. The van der Waals surface area contributed by atoms with Crippen molar-refractivity contribution < 1.29 is 14.6 Å². The van der Waals surface area contributed by atoms with E-state index in [0.29, 0.717) is 11.2 Å². The van der Waals surface area contributed by atoms with E-state index in [1.165, 1.54) is 0 Å². The molecular formula is C19H18BN3O3. The third kappa shape index (κ3) is 2.97. The van der Waals surface area contributed by atoms with Crippen LogP contribution in [-0.2, 0) is 16.0 Å². The number of nitrogens with zero attached hydrogens (tertiary/aromatic N) is 1. The second-order valence-electron chi connectivity index (χ2n) is 6.37. The second-order valence-corrected chi connectivity index (χ2v) is 6.37. The van der Waals surface area contributed by atoms with Crippen LogP contribution in [0, 0.1) is 0 Å². The van der Waals surface area contributed by atoms with Crippen molar-refractivity contribution >= 4 is 34.8 Å². The van der Waals surface area contributed by atoms with Crippen molar-refractivity contribution in [3.63, 3.8) is 0 Å². The summed E-state index contributed by atoms with van der Waals surface area (Å²) >= 11 is 0. The second kappa shape index (κ2) is 6.88. The van der Waals surface area contributed by atoms with E-state index in [4.69, 9.17) is 10.5 Å². The average Bonchev–Trinajstić information content (AvgIpc) is 3.04. The summed E-state index contributed by atoms with van der Waals surface area (Å²) in [6.07, 6.45) is 3.82. The van der Waals surface area contributed by atoms with Gasteiger partial charge in [-0.2, -0.15) is 0 Å². The maximum atomic E-state index is 12.9. The fraction of sp³-hybridized carbons (Fsp3) is 0.158. The van der Waals surface area contributed by atoms with Gasteiger partial charge in [-0.1, -0.05) is 36.4 Å². The first-order valence-corrected chi connectivity index (χ1v) is 8.45. The van der Waals surface area contributed by atoms with Crippen molar-refractivity contribution in [1.29, 1.82) is 0 Å². The van der Waals surface area contributed by atoms with Gasteiger partial charge in [0.05, 0.1) is 11.6 Å². The Hall–Kier alpha value is -2.74. The molecule has 2 aromatic carbocycles. The fourth-order valence-electron chi connectivity index (χ4n) is 3.38. The SMILES string of the molecule is NC[C@@H](C(=O)Cc1ccc2cnccc2c1)c1cccc2c1NOB2O. The van der Waals surface area contributed by atoms with E-state index in [1.807, 2.05) is 30.3 Å². The number of pyridine rings is 1. The van der Waals surface area contributed by atoms with Gasteiger partial charge in [-0.15, -0.1) is 0 Å². The lowest BCUT2D eigenvalue weighted by Crippen LogP contribution is -2.28. The predicted molar refractivity (Wildman–Crippen MR) is 101 cm³/mol. The van der Waals surface area contributed by atoms with Crippen molar-refractivity contribution in [2.75, 3.05) is 12.0 Å². The lowest BCUT2D eigenvalue weighted by Gasteiger charge is -2.17. The number of hydrogen-bond acceptors (Lipinski definition) is 6. The minimum atomic E-state index is -1.03. The Balaban J connectivity index is 1.62. The molecule has 0 saturated carbocycles. The maximum Gasteiger partial charge on any atom is 0.516 e. The molecule has 0 spiro atoms. The monoisotopic (exact) mass is 347 g/mol. The van der Waals surface area contributed by atoms with Gasteiger partial charge in [0.1, 0.15) is 5.78 Å². The lowest BCUT2D eigenvalue weighted by molar-refractivity contribution is -0.119. The molecule has 7 heteroatoms. The molecule has 1 aliphatic rings. The zero-order chi connectivity index (χ0) is 18.1. The highest BCUT2D eigenvalue weighted by molar-refractivity contribution is 6.63. The Bertz CT molecular complexity index is 979. The number of fused-ring (bicyclic) bond motifs is 2. The van der Waals surface area contributed by atoms with E-state index in [0.717, 1.165) is 21.9 Å². The number of anilines is 1. The Morgan fingerprint density at radius 3 is 3.00 bits per heavy atom. The minimum absolute atomic E-state index is 0.0255. The summed E-state index contributed by atoms with van der Waals surface area (Å²) in [4.78, 5) is 17.0. The minimum Gasteiger partial charge on any atom is -0.422 e. The van der Waals surface area contributed by atoms with Crippen LogP contribution in [0.5, 0.6) is 0 Å². The number of carbonyl (C=O) groups excluding carboxylic acids is 1. The van der Waals surface area contributed by atoms with Gasteiger partial charge in [-0.25, -0.2) is 0 Å². The third-order valence-electron chi connectivity index (χ3n) is 4.75. The molecule has 0 amide bonds. The fourth-order valence-corrected chi connectivity index (χ4v) is 3.38. The van der Waals surface area contributed by atoms with E-state index in [2.05, 4.69) is 10.5 Å². The highest BCUT2D eigenvalue weighted by Gasteiger charge is 2.32. The quantitative estimate of drug-likeness (QED) is 0.599. The first kappa shape index (κ1) is 16.7. The number of Topliss-reactive ketones (excluding diaryl/α,β-unsaturated/α-hetero) is 1. The number of hydrogen-bond donors (Lipinski definition) is 3. The standard InChI is InChI=1S/C19H18BN3O3/c21-10-16(15-2-1-3-17-19(15)23-26-20(17)25)18(24)9-12-4-5-14-11-22-7-6-13(14)8-12/h1-8,11,16,23,25H,9-10,21H2/t16-/m1/s1. The van der Waals surface area contributed by atoms with Crippen LogP contribution in [0.25, 0.3) is 10.8 Å². The number of para-hydroxylation sites is 1. The molecule has 0 bridgehead atoms. The van der Waals surface area contributed by atoms with Crippen molar-refractivity contribution in [2.24, 2.45) is 5.73 Å². The van der Waals surface area contributed by atoms with E-state index < -0.39 is 13.0 Å². The van der Waals surface area contributed by atoms with Crippen LogP contribution in [0.1, 0.15) is 17.0 Å². The van der Waals surface area contributed by atoms with Crippen molar-refractivity contribution in [3.8, 4) is 0 Å². The Kier molecular flexibility index (Phi) is 4.42. The van der Waals surface area contributed by atoms with E-state index in [1.54, 1.807) is 24.5 Å². The summed E-state index contributed by atoms with van der Waals surface area (Å²) in [5.74, 6) is -0.447. The summed E-state index contributed by atoms with van der Waals surface area (Å²) in [6, 6.07) is 13.2. The Labute approximate surface area is 151 Å². The molecule has 130 valence electrons. The molecule has 1 atom stereocenters. The normalized spacial score (nSPS) is 14.2. The van der Waals surface area contributed by atoms with E-state index in [9.17, 15) is 9.82 Å². The van der Waals surface area contributed by atoms with Gasteiger partial charge >= 0.3 is 7.12 Å². The van der Waals surface area contributed by atoms with Crippen LogP contribution < -0.4 is 16.7 Å². The Morgan fingerprint density at radius 2 is 2.15 bits per heavy atom. The van der Waals surface area contributed by atoms with Crippen LogP contribution >= 0.6 is 0 Å². The molecule has 0 aliphatic carbocycles. The number of ketones is 1. The van der Waals surface area contributed by atoms with Crippen LogP contribution in [-0.4, -0.2) is 29.5 Å². The molecule has 1 aromatic heterocycles. The molecule has 0 radical (unpaired) electrons. The number of rotatable bonds is 5. The molecular weight excluding hydrogens is 329 g/mol. The number of carbonyl (C=O) groups is 1. The number of aromatic nitrogens is 1. The molecule has 4 N–H and O–H groups in total. The van der Waals surface area contributed by atoms with Gasteiger partial charge in [0.2, 0.25) is 0 Å². The summed E-state index contributed by atoms with van der Waals surface area (Å²) in [5, 5.41) is 11.9. The van der Waals surface area contributed by atoms with Gasteiger partial charge in [0, 0.05) is 36.2 Å². The molecule has 2 heterocycles. The maximum absolute atomic E-state index is 12.9. The van der Waals surface area contributed by atoms with E-state index >= 15 is 0 Å². The molecule has 4 rings (SSSR count). The molecule has 3 aromatic rings. The van der Waals surface area contributed by atoms with Gasteiger partial charge < -0.3 is 10.8 Å². The van der Waals surface area contributed by atoms with Gasteiger partial charge in [-0.3, -0.25) is 20.0 Å². The highest BCUT2D eigenvalue weighted by atomic mass is 16.7. The lowest BCUT2D eigenvalue weighted by atomic mass is 9.77. The molecule has 1 aliphatic heterocycles. The van der Waals surface area contributed by atoms with Crippen LogP contribution in [0.15, 0.2) is 54.9 Å². The van der Waals surface area contributed by atoms with Gasteiger partial charge in [-0.05, 0) is 22.6 Å². The topological polar surface area (TPSA) is 97.5 Å². The van der Waals surface area contributed by atoms with Gasteiger partial charge in [0.25, 0.3) is 0 Å². The smallest absolute Gasteiger partial charge is 0.422 e. The molecule has 6 nitrogen and oxygen atoms in total. The molecule has 0 unspecified atom stereocenters. The van der Waals surface area contributed by atoms with E-state index in [-0.39, 0.29) is 18.7 Å². The van der Waals surface area contributed by atoms with Gasteiger partial charge in [0.15, 0.2) is 0 Å². The first-order chi connectivity index (χ1) is 12.7. The van der Waals surface area contributed by atoms with Crippen molar-refractivity contribution in [2.45, 2.75) is 12.3 Å². The summed E-state index contributed by atoms with van der Waals surface area (Å²) in [7, 11) is -1.03. The molecule has 0 fully saturated rings. The van der Waals surface area contributed by atoms with Crippen LogP contribution in [0.2, 0.25) is 0 Å². The Morgan fingerprint density at radius 1 is 1.27 bits per heavy atom. The van der Waals surface area contributed by atoms with Crippen LogP contribution in [0.3, 0.4) is 0 Å². The zero-order valence-electron chi connectivity index (χ0n) is 14.1. The van der Waals surface area contributed by atoms with Crippen molar-refractivity contribution in [1.82, 2.24) is 4.98 Å².